The van der Waals surface area contributed by atoms with Gasteiger partial charge in [0.2, 0.25) is 0 Å². The molecule has 4 heteroatoms. The Balaban J connectivity index is 3.00. The zero-order chi connectivity index (χ0) is 10.7. The van der Waals surface area contributed by atoms with Crippen molar-refractivity contribution in [2.45, 2.75) is 19.9 Å². The summed E-state index contributed by atoms with van der Waals surface area (Å²) in [7, 11) is 0. The summed E-state index contributed by atoms with van der Waals surface area (Å²) in [6.45, 7) is 3.84. The fourth-order valence-corrected chi connectivity index (χ4v) is 1.11. The van der Waals surface area contributed by atoms with E-state index in [-0.39, 0.29) is 11.6 Å². The molecule has 0 aliphatic carbocycles. The molecule has 0 aromatic heterocycles. The Morgan fingerprint density at radius 1 is 1.50 bits per heavy atom. The van der Waals surface area contributed by atoms with Gasteiger partial charge in [-0.25, -0.2) is 9.18 Å². The fourth-order valence-electron chi connectivity index (χ4n) is 1.11. The quantitative estimate of drug-likeness (QED) is 0.781. The van der Waals surface area contributed by atoms with Crippen LogP contribution in [0.2, 0.25) is 0 Å². The third kappa shape index (κ3) is 2.45. The lowest BCUT2D eigenvalue weighted by molar-refractivity contribution is 0.0692. The molecule has 3 nitrogen and oxygen atoms in total. The zero-order valence-electron chi connectivity index (χ0n) is 8.04. The van der Waals surface area contributed by atoms with E-state index in [1.54, 1.807) is 0 Å². The van der Waals surface area contributed by atoms with E-state index in [1.807, 2.05) is 13.8 Å². The first-order chi connectivity index (χ1) is 6.50. The maximum Gasteiger partial charge on any atom is 0.338 e. The summed E-state index contributed by atoms with van der Waals surface area (Å²) in [4.78, 5) is 10.6. The van der Waals surface area contributed by atoms with Gasteiger partial charge in [0.15, 0.2) is 0 Å². The minimum absolute atomic E-state index is 0.183. The summed E-state index contributed by atoms with van der Waals surface area (Å²) >= 11 is 0. The predicted octanol–water partition coefficient (Wildman–Crippen LogP) is 2.34. The number of carboxylic acids is 1. The number of aromatic carboxylic acids is 1. The summed E-state index contributed by atoms with van der Waals surface area (Å²) in [5.74, 6) is -1.97. The smallest absolute Gasteiger partial charge is 0.338 e. The topological polar surface area (TPSA) is 49.3 Å². The van der Waals surface area contributed by atoms with E-state index in [0.29, 0.717) is 5.69 Å². The lowest BCUT2D eigenvalue weighted by Crippen LogP contribution is -2.11. The highest BCUT2D eigenvalue weighted by atomic mass is 19.1. The zero-order valence-corrected chi connectivity index (χ0v) is 8.04. The van der Waals surface area contributed by atoms with Gasteiger partial charge < -0.3 is 10.4 Å². The molecule has 0 bridgehead atoms. The van der Waals surface area contributed by atoms with Crippen LogP contribution in [0.4, 0.5) is 10.1 Å². The first-order valence-electron chi connectivity index (χ1n) is 4.30. The summed E-state index contributed by atoms with van der Waals surface area (Å²) in [6, 6.07) is 4.13. The Morgan fingerprint density at radius 2 is 2.14 bits per heavy atom. The van der Waals surface area contributed by atoms with Gasteiger partial charge in [0, 0.05) is 11.7 Å². The number of hydrogen-bond acceptors (Lipinski definition) is 2. The van der Waals surface area contributed by atoms with Crippen LogP contribution in [0.25, 0.3) is 0 Å². The van der Waals surface area contributed by atoms with Crippen molar-refractivity contribution in [3.63, 3.8) is 0 Å². The van der Waals surface area contributed by atoms with Gasteiger partial charge in [0.05, 0.1) is 5.56 Å². The minimum atomic E-state index is -1.25. The first kappa shape index (κ1) is 10.5. The SMILES string of the molecule is CC(C)Nc1ccc(F)c(C(=O)O)c1. The van der Waals surface area contributed by atoms with Gasteiger partial charge in [-0.2, -0.15) is 0 Å². The maximum atomic E-state index is 12.9. The third-order valence-corrected chi connectivity index (χ3v) is 1.65. The van der Waals surface area contributed by atoms with Crippen molar-refractivity contribution in [3.8, 4) is 0 Å². The average Bonchev–Trinajstić information content (AvgIpc) is 2.07. The molecule has 2 N–H and O–H groups in total. The van der Waals surface area contributed by atoms with Crippen molar-refractivity contribution in [2.75, 3.05) is 5.32 Å². The maximum absolute atomic E-state index is 12.9. The Kier molecular flexibility index (Phi) is 3.06. The summed E-state index contributed by atoms with van der Waals surface area (Å²) in [5, 5.41) is 11.7. The fraction of sp³-hybridized carbons (Fsp3) is 0.300. The van der Waals surface area contributed by atoms with E-state index in [0.717, 1.165) is 6.07 Å². The molecular weight excluding hydrogens is 185 g/mol. The van der Waals surface area contributed by atoms with Crippen LogP contribution in [-0.4, -0.2) is 17.1 Å². The minimum Gasteiger partial charge on any atom is -0.478 e. The van der Waals surface area contributed by atoms with Gasteiger partial charge in [-0.3, -0.25) is 0 Å². The van der Waals surface area contributed by atoms with Crippen LogP contribution in [-0.2, 0) is 0 Å². The third-order valence-electron chi connectivity index (χ3n) is 1.65. The largest absolute Gasteiger partial charge is 0.478 e. The molecule has 1 rings (SSSR count). The second kappa shape index (κ2) is 4.09. The molecule has 0 spiro atoms. The van der Waals surface area contributed by atoms with Crippen molar-refractivity contribution < 1.29 is 14.3 Å². The predicted molar refractivity (Wildman–Crippen MR) is 52.1 cm³/mol. The molecule has 0 heterocycles. The van der Waals surface area contributed by atoms with Gasteiger partial charge in [-0.1, -0.05) is 0 Å². The summed E-state index contributed by atoms with van der Waals surface area (Å²) in [5.41, 5.74) is 0.300. The van der Waals surface area contributed by atoms with E-state index in [2.05, 4.69) is 5.32 Å². The number of halogens is 1. The molecule has 0 aliphatic rings. The molecule has 0 fully saturated rings. The number of anilines is 1. The number of carboxylic acid groups (broad SMARTS) is 1. The van der Waals surface area contributed by atoms with Crippen LogP contribution in [0, 0.1) is 5.82 Å². The standard InChI is InChI=1S/C10H12FNO2/c1-6(2)12-7-3-4-9(11)8(5-7)10(13)14/h3-6,12H,1-2H3,(H,13,14). The van der Waals surface area contributed by atoms with E-state index in [1.165, 1.54) is 12.1 Å². The molecule has 0 atom stereocenters. The first-order valence-corrected chi connectivity index (χ1v) is 4.30. The highest BCUT2D eigenvalue weighted by Gasteiger charge is 2.10. The number of benzene rings is 1. The van der Waals surface area contributed by atoms with Crippen molar-refractivity contribution in [3.05, 3.63) is 29.6 Å². The second-order valence-corrected chi connectivity index (χ2v) is 3.30. The number of hydrogen-bond donors (Lipinski definition) is 2. The number of nitrogens with one attached hydrogen (secondary N) is 1. The Morgan fingerprint density at radius 3 is 2.64 bits per heavy atom. The molecule has 14 heavy (non-hydrogen) atoms. The highest BCUT2D eigenvalue weighted by molar-refractivity contribution is 5.89. The van der Waals surface area contributed by atoms with Crippen LogP contribution in [0.5, 0.6) is 0 Å². The van der Waals surface area contributed by atoms with Gasteiger partial charge in [0.1, 0.15) is 5.82 Å². The normalized spacial score (nSPS) is 10.3. The average molecular weight is 197 g/mol. The van der Waals surface area contributed by atoms with Crippen LogP contribution >= 0.6 is 0 Å². The molecule has 1 aromatic carbocycles. The highest BCUT2D eigenvalue weighted by Crippen LogP contribution is 2.15. The van der Waals surface area contributed by atoms with Crippen LogP contribution in [0.3, 0.4) is 0 Å². The van der Waals surface area contributed by atoms with Crippen molar-refractivity contribution in [1.29, 1.82) is 0 Å². The van der Waals surface area contributed by atoms with Gasteiger partial charge in [0.25, 0.3) is 0 Å². The van der Waals surface area contributed by atoms with Gasteiger partial charge in [-0.05, 0) is 32.0 Å². The van der Waals surface area contributed by atoms with Crippen LogP contribution in [0.15, 0.2) is 18.2 Å². The Labute approximate surface area is 81.6 Å². The lowest BCUT2D eigenvalue weighted by Gasteiger charge is -2.10. The van der Waals surface area contributed by atoms with Crippen LogP contribution < -0.4 is 5.32 Å². The Bertz CT molecular complexity index is 350. The molecule has 0 amide bonds. The molecule has 76 valence electrons. The van der Waals surface area contributed by atoms with Crippen LogP contribution in [0.1, 0.15) is 24.2 Å². The van der Waals surface area contributed by atoms with E-state index in [4.69, 9.17) is 5.11 Å². The number of carbonyl (C=O) groups is 1. The second-order valence-electron chi connectivity index (χ2n) is 3.30. The van der Waals surface area contributed by atoms with Crippen molar-refractivity contribution >= 4 is 11.7 Å². The lowest BCUT2D eigenvalue weighted by atomic mass is 10.2. The van der Waals surface area contributed by atoms with Crippen molar-refractivity contribution in [2.24, 2.45) is 0 Å². The molecular formula is C10H12FNO2. The molecule has 0 radical (unpaired) electrons. The van der Waals surface area contributed by atoms with Gasteiger partial charge >= 0.3 is 5.97 Å². The molecule has 0 unspecified atom stereocenters. The van der Waals surface area contributed by atoms with E-state index >= 15 is 0 Å². The monoisotopic (exact) mass is 197 g/mol. The Hall–Kier alpha value is -1.58. The molecule has 0 saturated carbocycles. The van der Waals surface area contributed by atoms with E-state index in [9.17, 15) is 9.18 Å². The number of rotatable bonds is 3. The molecule has 0 aliphatic heterocycles. The molecule has 1 aromatic rings. The summed E-state index contributed by atoms with van der Waals surface area (Å²) in [6.07, 6.45) is 0. The molecule has 0 saturated heterocycles. The summed E-state index contributed by atoms with van der Waals surface area (Å²) < 4.78 is 12.9. The van der Waals surface area contributed by atoms with Crippen molar-refractivity contribution in [1.82, 2.24) is 0 Å². The van der Waals surface area contributed by atoms with Gasteiger partial charge in [-0.15, -0.1) is 0 Å². The van der Waals surface area contributed by atoms with E-state index < -0.39 is 11.8 Å².